The molecule has 0 aromatic heterocycles. The number of morpholine rings is 1. The number of nitrogens with zero attached hydrogens (tertiary/aromatic N) is 1. The van der Waals surface area contributed by atoms with Gasteiger partial charge in [0.2, 0.25) is 10.0 Å². The van der Waals surface area contributed by atoms with Gasteiger partial charge in [0.15, 0.2) is 0 Å². The second kappa shape index (κ2) is 5.88. The van der Waals surface area contributed by atoms with Crippen LogP contribution in [0.25, 0.3) is 0 Å². The normalized spacial score (nSPS) is 23.2. The van der Waals surface area contributed by atoms with Gasteiger partial charge in [-0.3, -0.25) is 0 Å². The number of hydrogen-bond acceptors (Lipinski definition) is 4. The smallest absolute Gasteiger partial charge is 0.243 e. The van der Waals surface area contributed by atoms with Crippen LogP contribution in [0, 0.1) is 0 Å². The Kier molecular flexibility index (Phi) is 4.62. The van der Waals surface area contributed by atoms with Gasteiger partial charge in [-0.1, -0.05) is 22.0 Å². The summed E-state index contributed by atoms with van der Waals surface area (Å²) < 4.78 is 32.7. The minimum atomic E-state index is -3.48. The van der Waals surface area contributed by atoms with Crippen molar-refractivity contribution >= 4 is 26.0 Å². The molecule has 106 valence electrons. The lowest BCUT2D eigenvalue weighted by atomic mass is 10.2. The first-order valence-corrected chi connectivity index (χ1v) is 8.27. The summed E-state index contributed by atoms with van der Waals surface area (Å²) in [5.41, 5.74) is 5.78. The summed E-state index contributed by atoms with van der Waals surface area (Å²) >= 11 is 3.29. The lowest BCUT2D eigenvalue weighted by Crippen LogP contribution is -2.51. The van der Waals surface area contributed by atoms with Gasteiger partial charge in [-0.2, -0.15) is 4.31 Å². The van der Waals surface area contributed by atoms with Crippen molar-refractivity contribution < 1.29 is 13.2 Å². The fourth-order valence-electron chi connectivity index (χ4n) is 1.96. The Morgan fingerprint density at radius 1 is 1.53 bits per heavy atom. The van der Waals surface area contributed by atoms with Crippen LogP contribution >= 0.6 is 15.9 Å². The molecule has 1 aromatic carbocycles. The van der Waals surface area contributed by atoms with E-state index in [1.807, 2.05) is 6.92 Å². The van der Waals surface area contributed by atoms with E-state index < -0.39 is 10.0 Å². The molecule has 19 heavy (non-hydrogen) atoms. The van der Waals surface area contributed by atoms with Crippen LogP contribution in [0.2, 0.25) is 0 Å². The fourth-order valence-corrected chi connectivity index (χ4v) is 4.00. The van der Waals surface area contributed by atoms with Crippen LogP contribution < -0.4 is 5.73 Å². The second-order valence-electron chi connectivity index (χ2n) is 4.59. The van der Waals surface area contributed by atoms with E-state index in [0.29, 0.717) is 19.7 Å². The third-order valence-corrected chi connectivity index (χ3v) is 5.43. The summed E-state index contributed by atoms with van der Waals surface area (Å²) in [6, 6.07) is 6.51. The van der Waals surface area contributed by atoms with Gasteiger partial charge in [-0.25, -0.2) is 8.42 Å². The molecule has 7 heteroatoms. The van der Waals surface area contributed by atoms with Gasteiger partial charge in [-0.05, 0) is 25.1 Å². The van der Waals surface area contributed by atoms with Crippen molar-refractivity contribution in [2.24, 2.45) is 5.73 Å². The molecule has 2 rings (SSSR count). The zero-order valence-corrected chi connectivity index (χ0v) is 13.0. The maximum Gasteiger partial charge on any atom is 0.243 e. The van der Waals surface area contributed by atoms with Crippen molar-refractivity contribution in [1.29, 1.82) is 0 Å². The minimum Gasteiger partial charge on any atom is -0.374 e. The van der Waals surface area contributed by atoms with Crippen molar-refractivity contribution in [2.45, 2.75) is 24.0 Å². The number of nitrogens with two attached hydrogens (primary N) is 1. The largest absolute Gasteiger partial charge is 0.374 e. The molecule has 2 unspecified atom stereocenters. The van der Waals surface area contributed by atoms with E-state index in [9.17, 15) is 8.42 Å². The SMILES string of the molecule is CC(N)C1CN(S(=O)(=O)c2cccc(Br)c2)CCO1. The predicted molar refractivity (Wildman–Crippen MR) is 76.3 cm³/mol. The van der Waals surface area contributed by atoms with E-state index in [1.54, 1.807) is 24.3 Å². The molecule has 5 nitrogen and oxygen atoms in total. The Bertz CT molecular complexity index is 548. The van der Waals surface area contributed by atoms with Gasteiger partial charge < -0.3 is 10.5 Å². The Balaban J connectivity index is 2.24. The Morgan fingerprint density at radius 2 is 2.26 bits per heavy atom. The molecule has 0 spiro atoms. The highest BCUT2D eigenvalue weighted by Gasteiger charge is 2.32. The maximum atomic E-state index is 12.5. The highest BCUT2D eigenvalue weighted by atomic mass is 79.9. The van der Waals surface area contributed by atoms with E-state index in [1.165, 1.54) is 4.31 Å². The molecule has 1 fully saturated rings. The first kappa shape index (κ1) is 14.9. The van der Waals surface area contributed by atoms with Crippen LogP contribution in [0.5, 0.6) is 0 Å². The molecule has 1 heterocycles. The zero-order chi connectivity index (χ0) is 14.0. The number of benzene rings is 1. The molecular formula is C12H17BrN2O3S. The Morgan fingerprint density at radius 3 is 2.89 bits per heavy atom. The van der Waals surface area contributed by atoms with Gasteiger partial charge >= 0.3 is 0 Å². The lowest BCUT2D eigenvalue weighted by molar-refractivity contribution is -0.0120. The second-order valence-corrected chi connectivity index (χ2v) is 7.44. The quantitative estimate of drug-likeness (QED) is 0.890. The van der Waals surface area contributed by atoms with Crippen molar-refractivity contribution in [3.05, 3.63) is 28.7 Å². The zero-order valence-electron chi connectivity index (χ0n) is 10.6. The fraction of sp³-hybridized carbons (Fsp3) is 0.500. The summed E-state index contributed by atoms with van der Waals surface area (Å²) in [6.45, 7) is 2.85. The van der Waals surface area contributed by atoms with Crippen molar-refractivity contribution in [2.75, 3.05) is 19.7 Å². The van der Waals surface area contributed by atoms with Gasteiger partial charge in [0.1, 0.15) is 0 Å². The molecule has 1 aromatic rings. The first-order valence-electron chi connectivity index (χ1n) is 6.04. The molecule has 0 amide bonds. The van der Waals surface area contributed by atoms with Crippen molar-refractivity contribution in [3.8, 4) is 0 Å². The van der Waals surface area contributed by atoms with Crippen LogP contribution in [-0.2, 0) is 14.8 Å². The van der Waals surface area contributed by atoms with Crippen molar-refractivity contribution in [3.63, 3.8) is 0 Å². The summed E-state index contributed by atoms with van der Waals surface area (Å²) in [4.78, 5) is 0.284. The van der Waals surface area contributed by atoms with E-state index in [4.69, 9.17) is 10.5 Å². The molecule has 0 saturated carbocycles. The van der Waals surface area contributed by atoms with E-state index in [0.717, 1.165) is 4.47 Å². The lowest BCUT2D eigenvalue weighted by Gasteiger charge is -2.33. The Hall–Kier alpha value is -0.470. The molecule has 1 aliphatic heterocycles. The van der Waals surface area contributed by atoms with Gasteiger partial charge in [0, 0.05) is 23.6 Å². The monoisotopic (exact) mass is 348 g/mol. The van der Waals surface area contributed by atoms with Crippen molar-refractivity contribution in [1.82, 2.24) is 4.31 Å². The number of sulfonamides is 1. The minimum absolute atomic E-state index is 0.194. The van der Waals surface area contributed by atoms with Crippen LogP contribution in [0.1, 0.15) is 6.92 Å². The highest BCUT2D eigenvalue weighted by Crippen LogP contribution is 2.22. The average Bonchev–Trinajstić information content (AvgIpc) is 2.39. The molecule has 1 aliphatic rings. The van der Waals surface area contributed by atoms with Crippen LogP contribution in [0.3, 0.4) is 0 Å². The molecule has 0 radical (unpaired) electrons. The molecule has 2 atom stereocenters. The van der Waals surface area contributed by atoms with Crippen LogP contribution in [0.4, 0.5) is 0 Å². The Labute approximate surface area is 121 Å². The summed E-state index contributed by atoms with van der Waals surface area (Å²) in [5.74, 6) is 0. The first-order chi connectivity index (χ1) is 8.91. The number of ether oxygens (including phenoxy) is 1. The topological polar surface area (TPSA) is 72.6 Å². The maximum absolute atomic E-state index is 12.5. The highest BCUT2D eigenvalue weighted by molar-refractivity contribution is 9.10. The van der Waals surface area contributed by atoms with Gasteiger partial charge in [0.05, 0.1) is 17.6 Å². The predicted octanol–water partition coefficient (Wildman–Crippen LogP) is 1.19. The summed E-state index contributed by atoms with van der Waals surface area (Å²) in [6.07, 6.45) is -0.254. The molecule has 2 N–H and O–H groups in total. The third-order valence-electron chi connectivity index (χ3n) is 3.08. The summed E-state index contributed by atoms with van der Waals surface area (Å²) in [7, 11) is -3.48. The number of halogens is 1. The molecule has 1 saturated heterocycles. The third kappa shape index (κ3) is 3.35. The number of rotatable bonds is 3. The standard InChI is InChI=1S/C12H17BrN2O3S/c1-9(14)12-8-15(5-6-18-12)19(16,17)11-4-2-3-10(13)7-11/h2-4,7,9,12H,5-6,8,14H2,1H3. The molecule has 0 aliphatic carbocycles. The van der Waals surface area contributed by atoms with Crippen LogP contribution in [0.15, 0.2) is 33.6 Å². The van der Waals surface area contributed by atoms with Crippen LogP contribution in [-0.4, -0.2) is 44.6 Å². The van der Waals surface area contributed by atoms with E-state index >= 15 is 0 Å². The van der Waals surface area contributed by atoms with Gasteiger partial charge in [-0.15, -0.1) is 0 Å². The number of hydrogen-bond donors (Lipinski definition) is 1. The van der Waals surface area contributed by atoms with Gasteiger partial charge in [0.25, 0.3) is 0 Å². The summed E-state index contributed by atoms with van der Waals surface area (Å²) in [5, 5.41) is 0. The molecular weight excluding hydrogens is 332 g/mol. The van der Waals surface area contributed by atoms with E-state index in [-0.39, 0.29) is 17.0 Å². The average molecular weight is 349 g/mol. The molecule has 0 bridgehead atoms. The van der Waals surface area contributed by atoms with E-state index in [2.05, 4.69) is 15.9 Å².